The Bertz CT molecular complexity index is 2080. The molecule has 0 saturated carbocycles. The van der Waals surface area contributed by atoms with Crippen LogP contribution in [0.5, 0.6) is 0 Å². The molecule has 0 fully saturated rings. The van der Waals surface area contributed by atoms with Crippen LogP contribution in [0, 0.1) is 5.92 Å². The number of carbonyl (C=O) groups is 4. The van der Waals surface area contributed by atoms with E-state index >= 15 is 0 Å². The normalized spacial score (nSPS) is 13.7. The minimum absolute atomic E-state index is 0.108. The molecule has 0 aromatic rings. The van der Waals surface area contributed by atoms with E-state index in [0.29, 0.717) is 25.7 Å². The lowest BCUT2D eigenvalue weighted by atomic mass is 10.0. The predicted molar refractivity (Wildman–Crippen MR) is 455 cm³/mol. The second kappa shape index (κ2) is 83.5. The molecule has 3 N–H and O–H groups in total. The third-order valence-electron chi connectivity index (χ3n) is 21.5. The van der Waals surface area contributed by atoms with Crippen molar-refractivity contribution in [2.24, 2.45) is 5.92 Å². The zero-order valence-electron chi connectivity index (χ0n) is 72.4. The van der Waals surface area contributed by atoms with Crippen LogP contribution in [0.25, 0.3) is 0 Å². The first-order valence-electron chi connectivity index (χ1n) is 47.1. The average molecular weight is 1610 g/mol. The van der Waals surface area contributed by atoms with E-state index in [-0.39, 0.29) is 25.7 Å². The van der Waals surface area contributed by atoms with Crippen molar-refractivity contribution in [1.82, 2.24) is 0 Å². The van der Waals surface area contributed by atoms with Crippen molar-refractivity contribution >= 4 is 39.5 Å². The van der Waals surface area contributed by atoms with Gasteiger partial charge in [0.25, 0.3) is 0 Å². The van der Waals surface area contributed by atoms with Gasteiger partial charge in [-0.15, -0.1) is 0 Å². The van der Waals surface area contributed by atoms with Gasteiger partial charge in [-0.1, -0.05) is 446 Å². The first-order chi connectivity index (χ1) is 53.5. The van der Waals surface area contributed by atoms with Gasteiger partial charge in [-0.05, 0) is 31.6 Å². The van der Waals surface area contributed by atoms with Gasteiger partial charge >= 0.3 is 39.5 Å². The standard InChI is InChI=1S/C91H178O17P2/c1-6-9-12-15-18-21-24-26-28-30-32-34-35-37-39-43-47-51-56-61-66-71-76-91(96)108-87(81-102-89(94)75-70-65-60-55-50-46-42-38-36-33-31-29-27-25-22-19-16-13-10-7-2)83-106-110(99,100)104-79-85(92)78-103-109(97,98)105-82-86(80-101-88(93)74-69-64-59-54-23-20-17-14-11-8-3)107-90(95)77-72-67-62-57-52-48-44-40-41-45-49-53-58-63-68-73-84(4)5/h84-87,92H,6-83H2,1-5H3,(H,97,98)(H,99,100)/t85-,86+,87+/m0/s1. The van der Waals surface area contributed by atoms with Crippen molar-refractivity contribution in [2.75, 3.05) is 39.6 Å². The number of rotatable bonds is 91. The van der Waals surface area contributed by atoms with Crippen LogP contribution in [0.2, 0.25) is 0 Å². The summed E-state index contributed by atoms with van der Waals surface area (Å²) in [5, 5.41) is 10.7. The highest BCUT2D eigenvalue weighted by atomic mass is 31.2. The van der Waals surface area contributed by atoms with Crippen molar-refractivity contribution < 1.29 is 80.2 Å². The maximum absolute atomic E-state index is 13.2. The van der Waals surface area contributed by atoms with Gasteiger partial charge in [0.05, 0.1) is 26.4 Å². The Hall–Kier alpha value is -1.94. The summed E-state index contributed by atoms with van der Waals surface area (Å²) in [6, 6.07) is 0. The van der Waals surface area contributed by atoms with Gasteiger partial charge in [-0.25, -0.2) is 9.13 Å². The predicted octanol–water partition coefficient (Wildman–Crippen LogP) is 28.3. The van der Waals surface area contributed by atoms with Gasteiger partial charge in [-0.2, -0.15) is 0 Å². The number of hydrogen-bond donors (Lipinski definition) is 3. The van der Waals surface area contributed by atoms with Crippen LogP contribution in [0.15, 0.2) is 0 Å². The van der Waals surface area contributed by atoms with Crippen LogP contribution >= 0.6 is 15.6 Å². The topological polar surface area (TPSA) is 237 Å². The highest BCUT2D eigenvalue weighted by Crippen LogP contribution is 2.45. The molecular weight excluding hydrogens is 1430 g/mol. The summed E-state index contributed by atoms with van der Waals surface area (Å²) >= 11 is 0. The molecule has 0 aliphatic rings. The zero-order valence-corrected chi connectivity index (χ0v) is 74.2. The van der Waals surface area contributed by atoms with Crippen molar-refractivity contribution in [3.8, 4) is 0 Å². The van der Waals surface area contributed by atoms with Crippen LogP contribution in [0.1, 0.15) is 497 Å². The van der Waals surface area contributed by atoms with Gasteiger partial charge in [0, 0.05) is 25.7 Å². The summed E-state index contributed by atoms with van der Waals surface area (Å²) in [6.45, 7) is 7.41. The summed E-state index contributed by atoms with van der Waals surface area (Å²) < 4.78 is 69.0. The van der Waals surface area contributed by atoms with Gasteiger partial charge in [-0.3, -0.25) is 37.3 Å². The molecule has 0 amide bonds. The zero-order chi connectivity index (χ0) is 80.4. The smallest absolute Gasteiger partial charge is 0.462 e. The second-order valence-electron chi connectivity index (χ2n) is 33.2. The van der Waals surface area contributed by atoms with E-state index in [1.165, 1.54) is 321 Å². The Morgan fingerprint density at radius 3 is 0.618 bits per heavy atom. The molecule has 0 aliphatic heterocycles. The van der Waals surface area contributed by atoms with E-state index in [0.717, 1.165) is 95.8 Å². The fourth-order valence-electron chi connectivity index (χ4n) is 14.4. The number of aliphatic hydroxyl groups excluding tert-OH is 1. The van der Waals surface area contributed by atoms with Gasteiger partial charge in [0.15, 0.2) is 12.2 Å². The maximum atomic E-state index is 13.2. The lowest BCUT2D eigenvalue weighted by Crippen LogP contribution is -2.30. The number of unbranched alkanes of at least 4 members (excludes halogenated alkanes) is 63. The highest BCUT2D eigenvalue weighted by Gasteiger charge is 2.31. The lowest BCUT2D eigenvalue weighted by Gasteiger charge is -2.21. The van der Waals surface area contributed by atoms with E-state index in [1.54, 1.807) is 0 Å². The number of aliphatic hydroxyl groups is 1. The largest absolute Gasteiger partial charge is 0.472 e. The Morgan fingerprint density at radius 2 is 0.418 bits per heavy atom. The molecule has 654 valence electrons. The van der Waals surface area contributed by atoms with Crippen molar-refractivity contribution in [1.29, 1.82) is 0 Å². The van der Waals surface area contributed by atoms with Crippen molar-refractivity contribution in [3.05, 3.63) is 0 Å². The third kappa shape index (κ3) is 84.0. The molecule has 0 spiro atoms. The first-order valence-corrected chi connectivity index (χ1v) is 50.1. The number of phosphoric ester groups is 2. The number of phosphoric acid groups is 2. The average Bonchev–Trinajstić information content (AvgIpc) is 0.899. The van der Waals surface area contributed by atoms with E-state index in [4.69, 9.17) is 37.0 Å². The van der Waals surface area contributed by atoms with Gasteiger partial charge in [0.2, 0.25) is 0 Å². The molecule has 0 heterocycles. The Balaban J connectivity index is 5.21. The van der Waals surface area contributed by atoms with E-state index in [2.05, 4.69) is 34.6 Å². The SMILES string of the molecule is CCCCCCCCCCCCCCCCCCCCCCCCC(=O)O[C@H](COC(=O)CCCCCCCCCCCCCCCCCCCCCC)COP(=O)(O)OC[C@@H](O)COP(=O)(O)OC[C@@H](COC(=O)CCCCCCCCCCCC)OC(=O)CCCCCCCCCCCCCCCCCC(C)C. The Morgan fingerprint density at radius 1 is 0.245 bits per heavy atom. The van der Waals surface area contributed by atoms with Crippen LogP contribution in [-0.2, 0) is 65.4 Å². The summed E-state index contributed by atoms with van der Waals surface area (Å²) in [5.41, 5.74) is 0. The molecule has 0 rings (SSSR count). The molecule has 19 heteroatoms. The first kappa shape index (κ1) is 108. The molecule has 0 aromatic heterocycles. The summed E-state index contributed by atoms with van der Waals surface area (Å²) in [7, 11) is -9.93. The van der Waals surface area contributed by atoms with Crippen LogP contribution < -0.4 is 0 Å². The minimum Gasteiger partial charge on any atom is -0.462 e. The maximum Gasteiger partial charge on any atom is 0.472 e. The molecule has 0 aliphatic carbocycles. The van der Waals surface area contributed by atoms with E-state index < -0.39 is 97.5 Å². The molecular formula is C91H178O17P2. The van der Waals surface area contributed by atoms with Crippen LogP contribution in [-0.4, -0.2) is 96.7 Å². The fraction of sp³-hybridized carbons (Fsp3) is 0.956. The summed E-state index contributed by atoms with van der Waals surface area (Å²) in [6.07, 6.45) is 79.3. The lowest BCUT2D eigenvalue weighted by molar-refractivity contribution is -0.161. The molecule has 0 bridgehead atoms. The summed E-state index contributed by atoms with van der Waals surface area (Å²) in [4.78, 5) is 73.4. The quantitative estimate of drug-likeness (QED) is 0.0222. The molecule has 17 nitrogen and oxygen atoms in total. The Labute approximate surface area is 677 Å². The Kier molecular flexibility index (Phi) is 82.1. The number of esters is 4. The third-order valence-corrected chi connectivity index (χ3v) is 23.4. The highest BCUT2D eigenvalue weighted by molar-refractivity contribution is 7.47. The van der Waals surface area contributed by atoms with Crippen LogP contribution in [0.4, 0.5) is 0 Å². The van der Waals surface area contributed by atoms with E-state index in [9.17, 15) is 43.2 Å². The van der Waals surface area contributed by atoms with Crippen molar-refractivity contribution in [3.63, 3.8) is 0 Å². The fourth-order valence-corrected chi connectivity index (χ4v) is 15.9. The molecule has 5 atom stereocenters. The van der Waals surface area contributed by atoms with Gasteiger partial charge in [0.1, 0.15) is 19.3 Å². The molecule has 110 heavy (non-hydrogen) atoms. The second-order valence-corrected chi connectivity index (χ2v) is 36.1. The van der Waals surface area contributed by atoms with Crippen molar-refractivity contribution in [2.45, 2.75) is 515 Å². The molecule has 0 saturated heterocycles. The summed E-state index contributed by atoms with van der Waals surface area (Å²) in [5.74, 6) is -1.29. The minimum atomic E-state index is -4.97. The number of ether oxygens (including phenoxy) is 4. The monoisotopic (exact) mass is 1610 g/mol. The van der Waals surface area contributed by atoms with Crippen LogP contribution in [0.3, 0.4) is 0 Å². The number of carbonyl (C=O) groups excluding carboxylic acids is 4. The molecule has 0 aromatic carbocycles. The molecule has 0 radical (unpaired) electrons. The van der Waals surface area contributed by atoms with E-state index in [1.807, 2.05) is 0 Å². The van der Waals surface area contributed by atoms with Gasteiger partial charge < -0.3 is 33.8 Å². The number of hydrogen-bond acceptors (Lipinski definition) is 15. The molecule has 2 unspecified atom stereocenters.